The van der Waals surface area contributed by atoms with Crippen LogP contribution in [0.3, 0.4) is 0 Å². The van der Waals surface area contributed by atoms with E-state index in [2.05, 4.69) is 56.9 Å². The van der Waals surface area contributed by atoms with E-state index in [1.807, 2.05) is 37.5 Å². The van der Waals surface area contributed by atoms with Crippen molar-refractivity contribution in [3.63, 3.8) is 0 Å². The first kappa shape index (κ1) is 19.9. The minimum atomic E-state index is -0.213. The molecule has 3 aromatic rings. The Morgan fingerprint density at radius 3 is 2.70 bits per heavy atom. The van der Waals surface area contributed by atoms with Crippen LogP contribution in [0.2, 0.25) is 0 Å². The van der Waals surface area contributed by atoms with E-state index < -0.39 is 0 Å². The van der Waals surface area contributed by atoms with Gasteiger partial charge in [0.05, 0.1) is 5.69 Å². The zero-order valence-electron chi connectivity index (χ0n) is 17.5. The van der Waals surface area contributed by atoms with Crippen LogP contribution in [-0.2, 0) is 4.79 Å². The molecule has 0 bridgehead atoms. The second-order valence-corrected chi connectivity index (χ2v) is 7.68. The number of carbonyl (C=O) groups is 1. The lowest BCUT2D eigenvalue weighted by Gasteiger charge is -2.33. The van der Waals surface area contributed by atoms with Gasteiger partial charge in [-0.05, 0) is 55.4 Å². The topological polar surface area (TPSA) is 64.3 Å². The highest BCUT2D eigenvalue weighted by molar-refractivity contribution is 6.00. The summed E-state index contributed by atoms with van der Waals surface area (Å²) in [5.74, 6) is 0.791. The smallest absolute Gasteiger partial charge is 0.247 e. The van der Waals surface area contributed by atoms with E-state index in [0.717, 1.165) is 65.6 Å². The molecule has 30 heavy (non-hydrogen) atoms. The molecule has 6 heteroatoms. The van der Waals surface area contributed by atoms with Gasteiger partial charge in [0.15, 0.2) is 0 Å². The molecule has 1 aromatic carbocycles. The van der Waals surface area contributed by atoms with Crippen LogP contribution in [0.5, 0.6) is 0 Å². The van der Waals surface area contributed by atoms with E-state index in [0.29, 0.717) is 0 Å². The third-order valence-corrected chi connectivity index (χ3v) is 5.60. The number of aryl methyl sites for hydroxylation is 1. The Morgan fingerprint density at radius 2 is 1.93 bits per heavy atom. The van der Waals surface area contributed by atoms with Crippen LogP contribution in [0.25, 0.3) is 22.4 Å². The number of likely N-dealkylation sites (N-methyl/N-ethyl adjacent to an activating group) is 1. The number of amides is 1. The van der Waals surface area contributed by atoms with Gasteiger partial charge in [-0.2, -0.15) is 0 Å². The number of benzene rings is 1. The molecule has 3 heterocycles. The van der Waals surface area contributed by atoms with Gasteiger partial charge in [0.2, 0.25) is 5.91 Å². The zero-order valence-corrected chi connectivity index (χ0v) is 17.5. The number of hydrogen-bond donors (Lipinski definition) is 2. The maximum Gasteiger partial charge on any atom is 0.247 e. The Labute approximate surface area is 177 Å². The predicted octanol–water partition coefficient (Wildman–Crippen LogP) is 3.93. The Bertz CT molecular complexity index is 1060. The lowest BCUT2D eigenvalue weighted by atomic mass is 10.00. The van der Waals surface area contributed by atoms with Crippen LogP contribution in [0, 0.1) is 6.92 Å². The largest absolute Gasteiger partial charge is 0.361 e. The molecule has 2 aromatic heterocycles. The molecule has 0 radical (unpaired) electrons. The molecule has 1 fully saturated rings. The summed E-state index contributed by atoms with van der Waals surface area (Å²) in [6.07, 6.45) is 5.10. The number of carbonyl (C=O) groups excluding carboxylic acids is 1. The van der Waals surface area contributed by atoms with Gasteiger partial charge in [-0.3, -0.25) is 4.79 Å². The second-order valence-electron chi connectivity index (χ2n) is 7.68. The summed E-state index contributed by atoms with van der Waals surface area (Å²) in [7, 11) is 2.15. The standard InChI is InChI=1S/C24H27N5O/c1-4-23(30)27-21-15-18(6-5-17(21)2)20-8-10-26-24(20)19-7-9-25-22(16-19)29-13-11-28(3)12-14-29/h4-10,15-16,26H,1,11-14H2,2-3H3,(H,27,30). The summed E-state index contributed by atoms with van der Waals surface area (Å²) in [6.45, 7) is 9.56. The average Bonchev–Trinajstić information content (AvgIpc) is 3.26. The second kappa shape index (κ2) is 8.55. The maximum absolute atomic E-state index is 11.8. The molecule has 6 nitrogen and oxygen atoms in total. The fraction of sp³-hybridized carbons (Fsp3) is 0.250. The van der Waals surface area contributed by atoms with Crippen LogP contribution in [0.4, 0.5) is 11.5 Å². The van der Waals surface area contributed by atoms with Gasteiger partial charge in [0.25, 0.3) is 0 Å². The van der Waals surface area contributed by atoms with Crippen molar-refractivity contribution in [2.75, 3.05) is 43.4 Å². The molecule has 4 rings (SSSR count). The number of anilines is 2. The molecular formula is C24H27N5O. The van der Waals surface area contributed by atoms with Crippen molar-refractivity contribution in [2.24, 2.45) is 0 Å². The van der Waals surface area contributed by atoms with Gasteiger partial charge in [-0.15, -0.1) is 0 Å². The molecule has 0 aliphatic carbocycles. The molecule has 2 N–H and O–H groups in total. The van der Waals surface area contributed by atoms with E-state index in [9.17, 15) is 4.79 Å². The van der Waals surface area contributed by atoms with Gasteiger partial charge in [0, 0.05) is 55.4 Å². The van der Waals surface area contributed by atoms with E-state index in [-0.39, 0.29) is 5.91 Å². The van der Waals surface area contributed by atoms with Crippen molar-refractivity contribution in [1.29, 1.82) is 0 Å². The van der Waals surface area contributed by atoms with E-state index in [4.69, 9.17) is 0 Å². The first-order valence-electron chi connectivity index (χ1n) is 10.2. The van der Waals surface area contributed by atoms with Crippen molar-refractivity contribution in [3.05, 3.63) is 67.0 Å². The predicted molar refractivity (Wildman–Crippen MR) is 123 cm³/mol. The van der Waals surface area contributed by atoms with Crippen molar-refractivity contribution in [1.82, 2.24) is 14.9 Å². The molecule has 0 unspecified atom stereocenters. The Hall–Kier alpha value is -3.38. The summed E-state index contributed by atoms with van der Waals surface area (Å²) in [5.41, 5.74) is 6.05. The minimum absolute atomic E-state index is 0.213. The number of piperazine rings is 1. The molecule has 1 saturated heterocycles. The fourth-order valence-electron chi connectivity index (χ4n) is 3.74. The Kier molecular flexibility index (Phi) is 5.68. The Morgan fingerprint density at radius 1 is 1.13 bits per heavy atom. The number of H-pyrrole nitrogens is 1. The van der Waals surface area contributed by atoms with Crippen molar-refractivity contribution in [3.8, 4) is 22.4 Å². The third-order valence-electron chi connectivity index (χ3n) is 5.60. The monoisotopic (exact) mass is 401 g/mol. The average molecular weight is 402 g/mol. The number of hydrogen-bond acceptors (Lipinski definition) is 4. The number of nitrogens with zero attached hydrogens (tertiary/aromatic N) is 3. The summed E-state index contributed by atoms with van der Waals surface area (Å²) < 4.78 is 0. The molecule has 1 aliphatic rings. The van der Waals surface area contributed by atoms with Crippen molar-refractivity contribution < 1.29 is 4.79 Å². The first-order chi connectivity index (χ1) is 14.5. The summed E-state index contributed by atoms with van der Waals surface area (Å²) in [4.78, 5) is 24.4. The number of aromatic amines is 1. The molecule has 1 aliphatic heterocycles. The Balaban J connectivity index is 1.66. The number of aromatic nitrogens is 2. The summed E-state index contributed by atoms with van der Waals surface area (Å²) >= 11 is 0. The molecular weight excluding hydrogens is 374 g/mol. The quantitative estimate of drug-likeness (QED) is 0.636. The molecule has 0 saturated carbocycles. The summed E-state index contributed by atoms with van der Waals surface area (Å²) in [5, 5.41) is 2.89. The number of rotatable bonds is 5. The lowest BCUT2D eigenvalue weighted by molar-refractivity contribution is -0.111. The van der Waals surface area contributed by atoms with Crippen LogP contribution in [-0.4, -0.2) is 54.0 Å². The molecule has 0 atom stereocenters. The van der Waals surface area contributed by atoms with Gasteiger partial charge in [-0.25, -0.2) is 4.98 Å². The van der Waals surface area contributed by atoms with Crippen LogP contribution < -0.4 is 10.2 Å². The van der Waals surface area contributed by atoms with Crippen molar-refractivity contribution in [2.45, 2.75) is 6.92 Å². The summed E-state index contributed by atoms with van der Waals surface area (Å²) in [6, 6.07) is 12.3. The lowest BCUT2D eigenvalue weighted by Crippen LogP contribution is -2.44. The van der Waals surface area contributed by atoms with Gasteiger partial charge >= 0.3 is 0 Å². The number of nitrogens with one attached hydrogen (secondary N) is 2. The zero-order chi connectivity index (χ0) is 21.1. The van der Waals surface area contributed by atoms with Gasteiger partial charge < -0.3 is 20.1 Å². The van der Waals surface area contributed by atoms with E-state index in [1.54, 1.807) is 0 Å². The first-order valence-corrected chi connectivity index (χ1v) is 10.2. The van der Waals surface area contributed by atoms with Crippen LogP contribution in [0.1, 0.15) is 5.56 Å². The van der Waals surface area contributed by atoms with Gasteiger partial charge in [-0.1, -0.05) is 18.7 Å². The molecule has 1 amide bonds. The highest BCUT2D eigenvalue weighted by Crippen LogP contribution is 2.34. The minimum Gasteiger partial charge on any atom is -0.361 e. The normalized spacial score (nSPS) is 14.5. The highest BCUT2D eigenvalue weighted by Gasteiger charge is 2.17. The van der Waals surface area contributed by atoms with Crippen LogP contribution in [0.15, 0.2) is 61.4 Å². The number of pyridine rings is 1. The van der Waals surface area contributed by atoms with Crippen molar-refractivity contribution >= 4 is 17.4 Å². The fourth-order valence-corrected chi connectivity index (χ4v) is 3.74. The van der Waals surface area contributed by atoms with Crippen LogP contribution >= 0.6 is 0 Å². The van der Waals surface area contributed by atoms with E-state index in [1.165, 1.54) is 6.08 Å². The molecule has 0 spiro atoms. The van der Waals surface area contributed by atoms with E-state index >= 15 is 0 Å². The molecule has 154 valence electrons. The van der Waals surface area contributed by atoms with Gasteiger partial charge in [0.1, 0.15) is 5.82 Å². The SMILES string of the molecule is C=CC(=O)Nc1cc(-c2cc[nH]c2-c2ccnc(N3CCN(C)CC3)c2)ccc1C. The third kappa shape index (κ3) is 4.14. The highest BCUT2D eigenvalue weighted by atomic mass is 16.1. The maximum atomic E-state index is 11.8.